The molecule has 2 nitrogen and oxygen atoms in total. The Kier molecular flexibility index (Phi) is 3.66. The van der Waals surface area contributed by atoms with Crippen molar-refractivity contribution in [2.24, 2.45) is 0 Å². The highest BCUT2D eigenvalue weighted by Gasteiger charge is 2.12. The average molecular weight is 204 g/mol. The van der Waals surface area contributed by atoms with Crippen molar-refractivity contribution in [3.8, 4) is 0 Å². The Balaban J connectivity index is 2.93. The van der Waals surface area contributed by atoms with Gasteiger partial charge < -0.3 is 10.4 Å². The van der Waals surface area contributed by atoms with E-state index in [0.717, 1.165) is 0 Å². The van der Waals surface area contributed by atoms with Crippen molar-refractivity contribution in [3.63, 3.8) is 0 Å². The van der Waals surface area contributed by atoms with E-state index in [1.807, 2.05) is 0 Å². The third kappa shape index (κ3) is 2.40. The fraction of sp³-hybridized carbons (Fsp3) is 0.333. The monoisotopic (exact) mass is 203 g/mol. The topological polar surface area (TPSA) is 32.3 Å². The van der Waals surface area contributed by atoms with E-state index in [4.69, 9.17) is 11.6 Å². The predicted octanol–water partition coefficient (Wildman–Crippen LogP) is 1.73. The standard InChI is InChI=1S/C9H11ClFNO/c1-12-5-8(13)6-3-2-4-7(11)9(6)10/h2-4,8,12-13H,5H2,1H3. The van der Waals surface area contributed by atoms with Gasteiger partial charge >= 0.3 is 0 Å². The number of aliphatic hydroxyl groups excluding tert-OH is 1. The molecule has 1 rings (SSSR count). The second-order valence-electron chi connectivity index (χ2n) is 2.72. The summed E-state index contributed by atoms with van der Waals surface area (Å²) in [5.41, 5.74) is 0.413. The number of likely N-dealkylation sites (N-methyl/N-ethyl adjacent to an activating group) is 1. The number of rotatable bonds is 3. The van der Waals surface area contributed by atoms with Gasteiger partial charge in [-0.2, -0.15) is 0 Å². The molecular weight excluding hydrogens is 193 g/mol. The zero-order valence-corrected chi connectivity index (χ0v) is 7.98. The summed E-state index contributed by atoms with van der Waals surface area (Å²) in [6.45, 7) is 0.350. The molecule has 0 aliphatic carbocycles. The molecule has 0 aliphatic heterocycles. The largest absolute Gasteiger partial charge is 0.387 e. The van der Waals surface area contributed by atoms with Crippen LogP contribution in [0.25, 0.3) is 0 Å². The average Bonchev–Trinajstić information content (AvgIpc) is 2.10. The number of halogens is 2. The number of hydrogen-bond donors (Lipinski definition) is 2. The van der Waals surface area contributed by atoms with Crippen molar-refractivity contribution in [1.29, 1.82) is 0 Å². The number of aliphatic hydroxyl groups is 1. The van der Waals surface area contributed by atoms with Crippen molar-refractivity contribution in [1.82, 2.24) is 5.32 Å². The summed E-state index contributed by atoms with van der Waals surface area (Å²) in [6.07, 6.45) is -0.770. The van der Waals surface area contributed by atoms with Crippen LogP contribution in [0.5, 0.6) is 0 Å². The summed E-state index contributed by atoms with van der Waals surface area (Å²) in [5.74, 6) is -0.505. The second-order valence-corrected chi connectivity index (χ2v) is 3.09. The molecule has 1 aromatic carbocycles. The molecule has 0 saturated heterocycles. The summed E-state index contributed by atoms with van der Waals surface area (Å²) in [7, 11) is 1.70. The molecule has 0 spiro atoms. The van der Waals surface area contributed by atoms with Gasteiger partial charge in [-0.3, -0.25) is 0 Å². The van der Waals surface area contributed by atoms with Gasteiger partial charge in [0.2, 0.25) is 0 Å². The molecule has 4 heteroatoms. The molecule has 1 aromatic rings. The minimum Gasteiger partial charge on any atom is -0.387 e. The van der Waals surface area contributed by atoms with Gasteiger partial charge in [0.15, 0.2) is 0 Å². The van der Waals surface area contributed by atoms with E-state index in [1.165, 1.54) is 12.1 Å². The van der Waals surface area contributed by atoms with Gasteiger partial charge in [-0.1, -0.05) is 23.7 Å². The quantitative estimate of drug-likeness (QED) is 0.784. The van der Waals surface area contributed by atoms with Gasteiger partial charge in [-0.25, -0.2) is 4.39 Å². The first-order valence-electron chi connectivity index (χ1n) is 3.93. The highest BCUT2D eigenvalue weighted by Crippen LogP contribution is 2.24. The van der Waals surface area contributed by atoms with Crippen LogP contribution < -0.4 is 5.32 Å². The van der Waals surface area contributed by atoms with Gasteiger partial charge in [0.25, 0.3) is 0 Å². The van der Waals surface area contributed by atoms with Crippen molar-refractivity contribution >= 4 is 11.6 Å². The van der Waals surface area contributed by atoms with Crippen LogP contribution >= 0.6 is 11.6 Å². The molecule has 0 aliphatic rings. The summed E-state index contributed by atoms with van der Waals surface area (Å²) < 4.78 is 12.9. The van der Waals surface area contributed by atoms with Gasteiger partial charge in [0.05, 0.1) is 11.1 Å². The van der Waals surface area contributed by atoms with E-state index < -0.39 is 11.9 Å². The van der Waals surface area contributed by atoms with E-state index in [2.05, 4.69) is 5.32 Å². The molecule has 0 radical (unpaired) electrons. The van der Waals surface area contributed by atoms with Crippen molar-refractivity contribution in [3.05, 3.63) is 34.6 Å². The molecule has 1 atom stereocenters. The van der Waals surface area contributed by atoms with Crippen LogP contribution in [-0.4, -0.2) is 18.7 Å². The first kappa shape index (κ1) is 10.4. The van der Waals surface area contributed by atoms with Gasteiger partial charge in [0, 0.05) is 12.1 Å². The Bertz CT molecular complexity index is 293. The Morgan fingerprint density at radius 3 is 2.92 bits per heavy atom. The molecule has 1 unspecified atom stereocenters. The highest BCUT2D eigenvalue weighted by molar-refractivity contribution is 6.31. The summed E-state index contributed by atoms with van der Waals surface area (Å²) in [6, 6.07) is 4.39. The maximum Gasteiger partial charge on any atom is 0.142 e. The van der Waals surface area contributed by atoms with Gasteiger partial charge in [-0.15, -0.1) is 0 Å². The van der Waals surface area contributed by atoms with Crippen LogP contribution in [0.4, 0.5) is 4.39 Å². The Labute approximate surface area is 81.3 Å². The predicted molar refractivity (Wildman–Crippen MR) is 50.3 cm³/mol. The number of benzene rings is 1. The van der Waals surface area contributed by atoms with E-state index >= 15 is 0 Å². The second kappa shape index (κ2) is 4.56. The Morgan fingerprint density at radius 1 is 1.62 bits per heavy atom. The normalized spacial score (nSPS) is 12.9. The first-order chi connectivity index (χ1) is 6.16. The highest BCUT2D eigenvalue weighted by atomic mass is 35.5. The summed E-state index contributed by atoms with van der Waals surface area (Å²) in [5, 5.41) is 12.3. The Hall–Kier alpha value is -0.640. The van der Waals surface area contributed by atoms with E-state index in [0.29, 0.717) is 12.1 Å². The molecule has 2 N–H and O–H groups in total. The molecule has 72 valence electrons. The molecule has 13 heavy (non-hydrogen) atoms. The summed E-state index contributed by atoms with van der Waals surface area (Å²) in [4.78, 5) is 0. The lowest BCUT2D eigenvalue weighted by Crippen LogP contribution is -2.17. The lowest BCUT2D eigenvalue weighted by atomic mass is 10.1. The molecule has 0 aromatic heterocycles. The molecule has 0 heterocycles. The first-order valence-corrected chi connectivity index (χ1v) is 4.31. The maximum atomic E-state index is 12.9. The van der Waals surface area contributed by atoms with Crippen molar-refractivity contribution < 1.29 is 9.50 Å². The van der Waals surface area contributed by atoms with Crippen LogP contribution in [-0.2, 0) is 0 Å². The SMILES string of the molecule is CNCC(O)c1cccc(F)c1Cl. The van der Waals surface area contributed by atoms with Crippen LogP contribution in [0.3, 0.4) is 0 Å². The molecule has 0 fully saturated rings. The molecule has 0 bridgehead atoms. The van der Waals surface area contributed by atoms with Crippen LogP contribution in [0.2, 0.25) is 5.02 Å². The maximum absolute atomic E-state index is 12.9. The van der Waals surface area contributed by atoms with E-state index in [9.17, 15) is 9.50 Å². The fourth-order valence-corrected chi connectivity index (χ4v) is 1.33. The van der Waals surface area contributed by atoms with E-state index in [-0.39, 0.29) is 5.02 Å². The van der Waals surface area contributed by atoms with Gasteiger partial charge in [0.1, 0.15) is 5.82 Å². The summed E-state index contributed by atoms with van der Waals surface area (Å²) >= 11 is 5.66. The van der Waals surface area contributed by atoms with Crippen molar-refractivity contribution in [2.45, 2.75) is 6.10 Å². The lowest BCUT2D eigenvalue weighted by Gasteiger charge is -2.11. The Morgan fingerprint density at radius 2 is 2.31 bits per heavy atom. The van der Waals surface area contributed by atoms with Gasteiger partial charge in [-0.05, 0) is 13.1 Å². The fourth-order valence-electron chi connectivity index (χ4n) is 1.08. The number of nitrogens with one attached hydrogen (secondary N) is 1. The third-order valence-electron chi connectivity index (χ3n) is 1.74. The third-order valence-corrected chi connectivity index (χ3v) is 2.14. The minimum atomic E-state index is -0.770. The molecule has 0 amide bonds. The smallest absolute Gasteiger partial charge is 0.142 e. The molecule has 0 saturated carbocycles. The van der Waals surface area contributed by atoms with Crippen LogP contribution in [0.15, 0.2) is 18.2 Å². The van der Waals surface area contributed by atoms with Crippen LogP contribution in [0.1, 0.15) is 11.7 Å². The minimum absolute atomic E-state index is 0.00903. The van der Waals surface area contributed by atoms with Crippen molar-refractivity contribution in [2.75, 3.05) is 13.6 Å². The van der Waals surface area contributed by atoms with E-state index in [1.54, 1.807) is 13.1 Å². The zero-order chi connectivity index (χ0) is 9.84. The van der Waals surface area contributed by atoms with Crippen LogP contribution in [0, 0.1) is 5.82 Å². The lowest BCUT2D eigenvalue weighted by molar-refractivity contribution is 0.177. The number of hydrogen-bond acceptors (Lipinski definition) is 2. The molecular formula is C9H11ClFNO. The zero-order valence-electron chi connectivity index (χ0n) is 7.22.